The smallest absolute Gasteiger partial charge is 0.262 e. The molecule has 1 amide bonds. The molecule has 0 aromatic heterocycles. The van der Waals surface area contributed by atoms with Gasteiger partial charge in [-0.2, -0.15) is 0 Å². The third-order valence-electron chi connectivity index (χ3n) is 3.00. The van der Waals surface area contributed by atoms with Crippen molar-refractivity contribution in [1.29, 1.82) is 0 Å². The van der Waals surface area contributed by atoms with Crippen molar-refractivity contribution in [3.8, 4) is 5.75 Å². The minimum atomic E-state index is -0.283. The number of hydrogen-bond acceptors (Lipinski definition) is 3. The predicted molar refractivity (Wildman–Crippen MR) is 98.0 cm³/mol. The molecule has 0 aliphatic carbocycles. The summed E-state index contributed by atoms with van der Waals surface area (Å²) in [5.74, 6) is 0.467. The minimum Gasteiger partial charge on any atom is -0.493 e. The van der Waals surface area contributed by atoms with Crippen LogP contribution >= 0.6 is 12.2 Å². The molecule has 0 radical (unpaired) electrons. The first-order valence-corrected chi connectivity index (χ1v) is 8.32. The molecule has 1 rings (SSSR count). The number of nitrogens with one attached hydrogen (secondary N) is 3. The Morgan fingerprint density at radius 1 is 1.22 bits per heavy atom. The summed E-state index contributed by atoms with van der Waals surface area (Å²) in [6, 6.07) is 7.55. The van der Waals surface area contributed by atoms with Crippen molar-refractivity contribution in [2.75, 3.05) is 13.2 Å². The van der Waals surface area contributed by atoms with E-state index in [0.717, 1.165) is 37.1 Å². The molecule has 6 heteroatoms. The number of rotatable bonds is 8. The Morgan fingerprint density at radius 3 is 2.74 bits per heavy atom. The van der Waals surface area contributed by atoms with Crippen molar-refractivity contribution in [3.05, 3.63) is 35.9 Å². The molecule has 0 spiro atoms. The van der Waals surface area contributed by atoms with Gasteiger partial charge in [0.05, 0.1) is 6.61 Å². The van der Waals surface area contributed by atoms with Crippen molar-refractivity contribution in [2.45, 2.75) is 33.1 Å². The van der Waals surface area contributed by atoms with Gasteiger partial charge in [0.25, 0.3) is 5.91 Å². The quantitative estimate of drug-likeness (QED) is 0.295. The lowest BCUT2D eigenvalue weighted by Crippen LogP contribution is -2.46. The molecular weight excluding hydrogens is 310 g/mol. The third-order valence-corrected chi connectivity index (χ3v) is 3.24. The molecule has 1 aromatic rings. The van der Waals surface area contributed by atoms with Crippen molar-refractivity contribution in [3.63, 3.8) is 0 Å². The number of ether oxygens (including phenoxy) is 1. The topological polar surface area (TPSA) is 62.4 Å². The van der Waals surface area contributed by atoms with E-state index in [2.05, 4.69) is 23.1 Å². The normalized spacial score (nSPS) is 10.3. The molecule has 0 saturated heterocycles. The van der Waals surface area contributed by atoms with Gasteiger partial charge in [-0.05, 0) is 37.7 Å². The summed E-state index contributed by atoms with van der Waals surface area (Å²) in [5.41, 5.74) is 6.05. The van der Waals surface area contributed by atoms with E-state index in [1.165, 1.54) is 6.08 Å². The number of hydrogen-bond donors (Lipinski definition) is 3. The SMILES string of the molecule is CCCCCNC(=S)NNC(=O)/C=C/c1ccccc1OCC. The highest BCUT2D eigenvalue weighted by Gasteiger charge is 2.01. The fourth-order valence-corrected chi connectivity index (χ4v) is 2.00. The maximum atomic E-state index is 11.8. The van der Waals surface area contributed by atoms with Crippen LogP contribution in [0.4, 0.5) is 0 Å². The van der Waals surface area contributed by atoms with Gasteiger partial charge >= 0.3 is 0 Å². The second-order valence-electron chi connectivity index (χ2n) is 4.88. The standard InChI is InChI=1S/C17H25N3O2S/c1-3-5-8-13-18-17(23)20-19-16(21)12-11-14-9-6-7-10-15(14)22-4-2/h6-7,9-12H,3-5,8,13H2,1-2H3,(H,19,21)(H2,18,20,23)/b12-11+. The summed E-state index contributed by atoms with van der Waals surface area (Å²) in [7, 11) is 0. The number of para-hydroxylation sites is 1. The monoisotopic (exact) mass is 335 g/mol. The fraction of sp³-hybridized carbons (Fsp3) is 0.412. The van der Waals surface area contributed by atoms with Crippen LogP contribution in [0, 0.1) is 0 Å². The molecule has 0 aliphatic rings. The zero-order valence-corrected chi connectivity index (χ0v) is 14.5. The number of thiocarbonyl (C=S) groups is 1. The van der Waals surface area contributed by atoms with Gasteiger partial charge in [-0.1, -0.05) is 38.0 Å². The highest BCUT2D eigenvalue weighted by atomic mass is 32.1. The van der Waals surface area contributed by atoms with Gasteiger partial charge in [0.15, 0.2) is 5.11 Å². The Morgan fingerprint density at radius 2 is 2.00 bits per heavy atom. The number of unbranched alkanes of at least 4 members (excludes halogenated alkanes) is 2. The van der Waals surface area contributed by atoms with Crippen molar-refractivity contribution >= 4 is 29.3 Å². The summed E-state index contributed by atoms with van der Waals surface area (Å²) in [4.78, 5) is 11.8. The van der Waals surface area contributed by atoms with E-state index < -0.39 is 0 Å². The van der Waals surface area contributed by atoms with Crippen LogP contribution in [0.25, 0.3) is 6.08 Å². The van der Waals surface area contributed by atoms with Crippen LogP contribution in [-0.2, 0) is 4.79 Å². The molecule has 0 atom stereocenters. The van der Waals surface area contributed by atoms with E-state index in [1.54, 1.807) is 6.08 Å². The van der Waals surface area contributed by atoms with E-state index in [0.29, 0.717) is 11.7 Å². The lowest BCUT2D eigenvalue weighted by atomic mass is 10.2. The summed E-state index contributed by atoms with van der Waals surface area (Å²) in [6.45, 7) is 5.45. The minimum absolute atomic E-state index is 0.283. The van der Waals surface area contributed by atoms with Crippen LogP contribution in [0.2, 0.25) is 0 Å². The van der Waals surface area contributed by atoms with Gasteiger partial charge < -0.3 is 10.1 Å². The zero-order valence-electron chi connectivity index (χ0n) is 13.7. The number of benzene rings is 1. The van der Waals surface area contributed by atoms with Gasteiger partial charge in [0.1, 0.15) is 5.75 Å². The van der Waals surface area contributed by atoms with Gasteiger partial charge in [-0.25, -0.2) is 0 Å². The molecule has 3 N–H and O–H groups in total. The first kappa shape index (κ1) is 19.0. The molecule has 5 nitrogen and oxygen atoms in total. The van der Waals surface area contributed by atoms with Crippen LogP contribution in [0.15, 0.2) is 30.3 Å². The lowest BCUT2D eigenvalue weighted by molar-refractivity contribution is -0.116. The number of carbonyl (C=O) groups is 1. The Kier molecular flexibility index (Phi) is 9.47. The second kappa shape index (κ2) is 11.5. The molecule has 0 fully saturated rings. The van der Waals surface area contributed by atoms with E-state index in [-0.39, 0.29) is 5.91 Å². The molecule has 0 saturated carbocycles. The average Bonchev–Trinajstić information content (AvgIpc) is 2.56. The summed E-state index contributed by atoms with van der Waals surface area (Å²) in [6.07, 6.45) is 6.52. The second-order valence-corrected chi connectivity index (χ2v) is 5.29. The molecule has 1 aromatic carbocycles. The van der Waals surface area contributed by atoms with Crippen molar-refractivity contribution in [1.82, 2.24) is 16.2 Å². The Bertz CT molecular complexity index is 532. The molecule has 0 unspecified atom stereocenters. The molecule has 126 valence electrons. The van der Waals surface area contributed by atoms with E-state index >= 15 is 0 Å². The molecule has 0 heterocycles. The maximum Gasteiger partial charge on any atom is 0.262 e. The molecular formula is C17H25N3O2S. The van der Waals surface area contributed by atoms with Crippen LogP contribution in [-0.4, -0.2) is 24.2 Å². The van der Waals surface area contributed by atoms with E-state index in [4.69, 9.17) is 17.0 Å². The van der Waals surface area contributed by atoms with E-state index in [1.807, 2.05) is 31.2 Å². The third kappa shape index (κ3) is 8.21. The Labute approximate surface area is 143 Å². The summed E-state index contributed by atoms with van der Waals surface area (Å²) in [5, 5.41) is 3.45. The average molecular weight is 335 g/mol. The first-order chi connectivity index (χ1) is 11.2. The number of amides is 1. The van der Waals surface area contributed by atoms with Gasteiger partial charge in [0.2, 0.25) is 0 Å². The Hall–Kier alpha value is -2.08. The van der Waals surface area contributed by atoms with Crippen LogP contribution in [0.1, 0.15) is 38.7 Å². The lowest BCUT2D eigenvalue weighted by Gasteiger charge is -2.10. The van der Waals surface area contributed by atoms with Gasteiger partial charge in [-0.3, -0.25) is 15.6 Å². The largest absolute Gasteiger partial charge is 0.493 e. The first-order valence-electron chi connectivity index (χ1n) is 7.91. The van der Waals surface area contributed by atoms with Crippen molar-refractivity contribution < 1.29 is 9.53 Å². The highest BCUT2D eigenvalue weighted by molar-refractivity contribution is 7.80. The van der Waals surface area contributed by atoms with Gasteiger partial charge in [0, 0.05) is 18.2 Å². The fourth-order valence-electron chi connectivity index (χ4n) is 1.85. The van der Waals surface area contributed by atoms with Crippen LogP contribution in [0.3, 0.4) is 0 Å². The Balaban J connectivity index is 2.37. The maximum absolute atomic E-state index is 11.8. The van der Waals surface area contributed by atoms with Gasteiger partial charge in [-0.15, -0.1) is 0 Å². The van der Waals surface area contributed by atoms with Crippen molar-refractivity contribution in [2.24, 2.45) is 0 Å². The van der Waals surface area contributed by atoms with E-state index in [9.17, 15) is 4.79 Å². The summed E-state index contributed by atoms with van der Waals surface area (Å²) >= 11 is 5.07. The predicted octanol–water partition coefficient (Wildman–Crippen LogP) is 2.78. The highest BCUT2D eigenvalue weighted by Crippen LogP contribution is 2.19. The van der Waals surface area contributed by atoms with Crippen LogP contribution in [0.5, 0.6) is 5.75 Å². The zero-order chi connectivity index (χ0) is 16.9. The molecule has 23 heavy (non-hydrogen) atoms. The number of hydrazine groups is 1. The molecule has 0 aliphatic heterocycles. The molecule has 0 bridgehead atoms. The van der Waals surface area contributed by atoms with Crippen LogP contribution < -0.4 is 20.9 Å². The summed E-state index contributed by atoms with van der Waals surface area (Å²) < 4.78 is 5.50. The number of carbonyl (C=O) groups excluding carboxylic acids is 1.